The van der Waals surface area contributed by atoms with Gasteiger partial charge in [-0.25, -0.2) is 4.98 Å². The smallest absolute Gasteiger partial charge is 0.263 e. The van der Waals surface area contributed by atoms with Crippen molar-refractivity contribution in [1.82, 2.24) is 15.3 Å². The Labute approximate surface area is 152 Å². The van der Waals surface area contributed by atoms with Crippen LogP contribution in [-0.2, 0) is 4.79 Å². The van der Waals surface area contributed by atoms with E-state index in [1.807, 2.05) is 18.2 Å². The molecule has 124 valence electrons. The maximum atomic E-state index is 11.8. The summed E-state index contributed by atoms with van der Waals surface area (Å²) in [5.41, 5.74) is 2.38. The third-order valence-electron chi connectivity index (χ3n) is 3.61. The molecule has 1 fully saturated rings. The average Bonchev–Trinajstić information content (AvgIpc) is 3.17. The van der Waals surface area contributed by atoms with Crippen LogP contribution < -0.4 is 10.1 Å². The Balaban J connectivity index is 1.80. The third-order valence-corrected chi connectivity index (χ3v) is 4.77. The van der Waals surface area contributed by atoms with E-state index >= 15 is 0 Å². The fourth-order valence-electron chi connectivity index (χ4n) is 2.50. The molecule has 6 nitrogen and oxygen atoms in total. The first-order chi connectivity index (χ1) is 12.1. The number of ether oxygens (including phenoxy) is 1. The molecule has 4 heterocycles. The van der Waals surface area contributed by atoms with Gasteiger partial charge in [0.25, 0.3) is 5.91 Å². The molecule has 0 atom stereocenters. The number of thiocarbonyl (C=S) groups is 1. The zero-order valence-electron chi connectivity index (χ0n) is 13.0. The number of amides is 1. The molecule has 1 N–H and O–H groups in total. The summed E-state index contributed by atoms with van der Waals surface area (Å²) < 4.78 is 11.6. The number of aromatic nitrogens is 2. The first-order valence-electron chi connectivity index (χ1n) is 7.27. The normalized spacial score (nSPS) is 15.8. The second-order valence-corrected chi connectivity index (χ2v) is 6.91. The summed E-state index contributed by atoms with van der Waals surface area (Å²) in [5, 5.41) is 3.42. The minimum Gasteiger partial charge on any atom is -0.481 e. The molecule has 4 rings (SSSR count). The van der Waals surface area contributed by atoms with E-state index in [1.165, 1.54) is 11.8 Å². The molecule has 25 heavy (non-hydrogen) atoms. The lowest BCUT2D eigenvalue weighted by Crippen LogP contribution is -2.17. The summed E-state index contributed by atoms with van der Waals surface area (Å²) >= 11 is 6.21. The summed E-state index contributed by atoms with van der Waals surface area (Å²) in [5.74, 6) is 0.858. The van der Waals surface area contributed by atoms with Crippen molar-refractivity contribution in [3.05, 3.63) is 47.5 Å². The lowest BCUT2D eigenvalue weighted by molar-refractivity contribution is -0.115. The Morgan fingerprint density at radius 3 is 3.00 bits per heavy atom. The first-order valence-corrected chi connectivity index (χ1v) is 8.49. The van der Waals surface area contributed by atoms with Gasteiger partial charge < -0.3 is 14.5 Å². The van der Waals surface area contributed by atoms with Gasteiger partial charge in [-0.1, -0.05) is 24.0 Å². The molecule has 0 aliphatic carbocycles. The van der Waals surface area contributed by atoms with Crippen LogP contribution in [0.15, 0.2) is 46.1 Å². The molecule has 1 aliphatic rings. The van der Waals surface area contributed by atoms with E-state index in [0.717, 1.165) is 16.5 Å². The number of nitrogens with zero attached hydrogens (tertiary/aromatic N) is 2. The SMILES string of the molecule is COc1cc(-c2cncc3cc(/C=C4\SC(=S)NC4=O)oc23)ccn1. The average molecular weight is 369 g/mol. The Kier molecular flexibility index (Phi) is 3.98. The molecular formula is C17H11N3O3S2. The van der Waals surface area contributed by atoms with Crippen LogP contribution in [0.3, 0.4) is 0 Å². The van der Waals surface area contributed by atoms with Gasteiger partial charge in [0.05, 0.1) is 12.0 Å². The third kappa shape index (κ3) is 3.01. The van der Waals surface area contributed by atoms with Crippen molar-refractivity contribution in [2.24, 2.45) is 0 Å². The largest absolute Gasteiger partial charge is 0.481 e. The number of hydrogen-bond acceptors (Lipinski definition) is 7. The molecule has 0 saturated carbocycles. The van der Waals surface area contributed by atoms with Gasteiger partial charge in [0, 0.05) is 41.7 Å². The van der Waals surface area contributed by atoms with Crippen LogP contribution in [0.25, 0.3) is 28.2 Å². The predicted molar refractivity (Wildman–Crippen MR) is 100 cm³/mol. The molecule has 8 heteroatoms. The highest BCUT2D eigenvalue weighted by Crippen LogP contribution is 2.33. The summed E-state index contributed by atoms with van der Waals surface area (Å²) in [6.45, 7) is 0. The van der Waals surface area contributed by atoms with Crippen LogP contribution >= 0.6 is 24.0 Å². The molecule has 0 radical (unpaired) electrons. The monoisotopic (exact) mass is 369 g/mol. The minimum atomic E-state index is -0.215. The quantitative estimate of drug-likeness (QED) is 0.560. The molecule has 0 bridgehead atoms. The van der Waals surface area contributed by atoms with Crippen LogP contribution in [0.4, 0.5) is 0 Å². The Hall–Kier alpha value is -2.71. The molecule has 1 aliphatic heterocycles. The first kappa shape index (κ1) is 15.8. The second kappa shape index (κ2) is 6.30. The fraction of sp³-hybridized carbons (Fsp3) is 0.0588. The van der Waals surface area contributed by atoms with Crippen LogP contribution in [0.5, 0.6) is 5.88 Å². The van der Waals surface area contributed by atoms with Crippen molar-refractivity contribution in [2.75, 3.05) is 7.11 Å². The van der Waals surface area contributed by atoms with E-state index < -0.39 is 0 Å². The zero-order chi connectivity index (χ0) is 17.4. The van der Waals surface area contributed by atoms with Crippen LogP contribution in [0, 0.1) is 0 Å². The van der Waals surface area contributed by atoms with Crippen molar-refractivity contribution in [3.63, 3.8) is 0 Å². The molecule has 0 aromatic carbocycles. The summed E-state index contributed by atoms with van der Waals surface area (Å²) in [7, 11) is 1.57. The Morgan fingerprint density at radius 1 is 1.36 bits per heavy atom. The Bertz CT molecular complexity index is 1040. The van der Waals surface area contributed by atoms with Gasteiger partial charge in [-0.2, -0.15) is 0 Å². The summed E-state index contributed by atoms with van der Waals surface area (Å²) in [6.07, 6.45) is 6.79. The number of nitrogens with one attached hydrogen (secondary N) is 1. The molecule has 0 unspecified atom stereocenters. The fourth-order valence-corrected chi connectivity index (χ4v) is 3.52. The maximum absolute atomic E-state index is 11.8. The van der Waals surface area contributed by atoms with Crippen molar-refractivity contribution in [2.45, 2.75) is 0 Å². The lowest BCUT2D eigenvalue weighted by atomic mass is 10.1. The molecular weight excluding hydrogens is 358 g/mol. The highest BCUT2D eigenvalue weighted by molar-refractivity contribution is 8.26. The predicted octanol–water partition coefficient (Wildman–Crippen LogP) is 3.39. The van der Waals surface area contributed by atoms with E-state index in [0.29, 0.717) is 26.4 Å². The molecule has 3 aromatic heterocycles. The number of thioether (sulfide) groups is 1. The van der Waals surface area contributed by atoms with E-state index in [1.54, 1.807) is 31.8 Å². The molecule has 3 aromatic rings. The lowest BCUT2D eigenvalue weighted by Gasteiger charge is -2.04. The van der Waals surface area contributed by atoms with E-state index in [-0.39, 0.29) is 5.91 Å². The highest BCUT2D eigenvalue weighted by Gasteiger charge is 2.23. The van der Waals surface area contributed by atoms with Crippen molar-refractivity contribution < 1.29 is 13.9 Å². The van der Waals surface area contributed by atoms with Crippen LogP contribution in [0.1, 0.15) is 5.76 Å². The maximum Gasteiger partial charge on any atom is 0.263 e. The molecule has 0 spiro atoms. The van der Waals surface area contributed by atoms with E-state index in [2.05, 4.69) is 15.3 Å². The number of carbonyl (C=O) groups is 1. The summed E-state index contributed by atoms with van der Waals surface area (Å²) in [6, 6.07) is 5.51. The molecule has 1 amide bonds. The minimum absolute atomic E-state index is 0.215. The zero-order valence-corrected chi connectivity index (χ0v) is 14.6. The Morgan fingerprint density at radius 2 is 2.24 bits per heavy atom. The number of carbonyl (C=O) groups excluding carboxylic acids is 1. The number of furan rings is 1. The van der Waals surface area contributed by atoms with E-state index in [9.17, 15) is 4.79 Å². The van der Waals surface area contributed by atoms with Crippen molar-refractivity contribution >= 4 is 51.3 Å². The molecule has 1 saturated heterocycles. The van der Waals surface area contributed by atoms with Gasteiger partial charge >= 0.3 is 0 Å². The van der Waals surface area contributed by atoms with Gasteiger partial charge in [0.15, 0.2) is 0 Å². The van der Waals surface area contributed by atoms with Gasteiger partial charge in [0.1, 0.15) is 15.7 Å². The van der Waals surface area contributed by atoms with Gasteiger partial charge in [-0.05, 0) is 17.7 Å². The number of methoxy groups -OCH3 is 1. The van der Waals surface area contributed by atoms with Crippen molar-refractivity contribution in [1.29, 1.82) is 0 Å². The van der Waals surface area contributed by atoms with Crippen molar-refractivity contribution in [3.8, 4) is 17.0 Å². The number of fused-ring (bicyclic) bond motifs is 1. The van der Waals surface area contributed by atoms with Gasteiger partial charge in [-0.3, -0.25) is 9.78 Å². The van der Waals surface area contributed by atoms with Crippen LogP contribution in [-0.4, -0.2) is 27.3 Å². The second-order valence-electron chi connectivity index (χ2n) is 5.19. The number of rotatable bonds is 3. The van der Waals surface area contributed by atoms with E-state index in [4.69, 9.17) is 21.4 Å². The van der Waals surface area contributed by atoms with Crippen LogP contribution in [0.2, 0.25) is 0 Å². The topological polar surface area (TPSA) is 77.2 Å². The summed E-state index contributed by atoms with van der Waals surface area (Å²) in [4.78, 5) is 20.7. The standard InChI is InChI=1S/C17H11N3O3S2/c1-22-14-5-9(2-3-19-14)12-8-18-7-10-4-11(23-15(10)12)6-13-16(21)20-17(24)25-13/h2-8H,1H3,(H,20,21,24)/b13-6-. The highest BCUT2D eigenvalue weighted by atomic mass is 32.2. The number of pyridine rings is 2. The number of hydrogen-bond donors (Lipinski definition) is 1. The van der Waals surface area contributed by atoms with Gasteiger partial charge in [-0.15, -0.1) is 0 Å². The van der Waals surface area contributed by atoms with Gasteiger partial charge in [0.2, 0.25) is 5.88 Å².